The van der Waals surface area contributed by atoms with Crippen molar-refractivity contribution < 1.29 is 4.79 Å². The minimum Gasteiger partial charge on any atom is -0.355 e. The van der Waals surface area contributed by atoms with Crippen LogP contribution in [0.3, 0.4) is 0 Å². The van der Waals surface area contributed by atoms with Crippen LogP contribution in [0.5, 0.6) is 0 Å². The van der Waals surface area contributed by atoms with Crippen molar-refractivity contribution in [1.29, 1.82) is 0 Å². The second-order valence-corrected chi connectivity index (χ2v) is 4.60. The molecular weight excluding hydrogens is 268 g/mol. The molecule has 1 rings (SSSR count). The van der Waals surface area contributed by atoms with Crippen LogP contribution in [0.15, 0.2) is 22.7 Å². The second kappa shape index (κ2) is 6.66. The summed E-state index contributed by atoms with van der Waals surface area (Å²) in [7, 11) is 0. The van der Waals surface area contributed by atoms with E-state index in [1.807, 2.05) is 0 Å². The molecule has 16 heavy (non-hydrogen) atoms. The van der Waals surface area contributed by atoms with Crippen molar-refractivity contribution in [3.8, 4) is 0 Å². The van der Waals surface area contributed by atoms with E-state index in [1.54, 1.807) is 0 Å². The number of amides is 1. The van der Waals surface area contributed by atoms with Gasteiger partial charge in [-0.3, -0.25) is 4.79 Å². The summed E-state index contributed by atoms with van der Waals surface area (Å²) in [5.41, 5.74) is 2.49. The molecule has 1 amide bonds. The molecule has 0 aliphatic carbocycles. The predicted octanol–water partition coefficient (Wildman–Crippen LogP) is 1.98. The number of aryl methyl sites for hydroxylation is 1. The lowest BCUT2D eigenvalue weighted by Gasteiger charge is -2.07. The van der Waals surface area contributed by atoms with Crippen LogP contribution in [0.4, 0.5) is 0 Å². The van der Waals surface area contributed by atoms with Gasteiger partial charge in [0.15, 0.2) is 0 Å². The summed E-state index contributed by atoms with van der Waals surface area (Å²) in [5.74, 6) is 0.0151. The topological polar surface area (TPSA) is 41.1 Å². The highest BCUT2D eigenvalue weighted by Crippen LogP contribution is 2.16. The van der Waals surface area contributed by atoms with E-state index < -0.39 is 0 Å². The summed E-state index contributed by atoms with van der Waals surface area (Å²) in [6.07, 6.45) is 0. The lowest BCUT2D eigenvalue weighted by atomic mass is 10.1. The van der Waals surface area contributed by atoms with Crippen molar-refractivity contribution in [2.75, 3.05) is 13.1 Å². The van der Waals surface area contributed by atoms with Crippen molar-refractivity contribution in [1.82, 2.24) is 10.6 Å². The number of benzene rings is 1. The first-order valence-electron chi connectivity index (χ1n) is 5.30. The van der Waals surface area contributed by atoms with Crippen LogP contribution in [-0.4, -0.2) is 19.0 Å². The Morgan fingerprint density at radius 1 is 1.38 bits per heavy atom. The van der Waals surface area contributed by atoms with Gasteiger partial charge in [0.05, 0.1) is 0 Å². The lowest BCUT2D eigenvalue weighted by Crippen LogP contribution is -2.29. The number of hydrogen-bond donors (Lipinski definition) is 2. The fourth-order valence-corrected chi connectivity index (χ4v) is 1.62. The Balaban J connectivity index is 2.27. The van der Waals surface area contributed by atoms with E-state index >= 15 is 0 Å². The molecule has 0 aromatic heterocycles. The van der Waals surface area contributed by atoms with Crippen molar-refractivity contribution in [3.63, 3.8) is 0 Å². The summed E-state index contributed by atoms with van der Waals surface area (Å²) >= 11 is 3.47. The van der Waals surface area contributed by atoms with Gasteiger partial charge in [-0.1, -0.05) is 28.1 Å². The zero-order chi connectivity index (χ0) is 12.0. The van der Waals surface area contributed by atoms with Gasteiger partial charge in [-0.25, -0.2) is 0 Å². The fraction of sp³-hybridized carbons (Fsp3) is 0.417. The Morgan fingerprint density at radius 3 is 2.75 bits per heavy atom. The van der Waals surface area contributed by atoms with Gasteiger partial charge in [0.2, 0.25) is 5.91 Å². The smallest absolute Gasteiger partial charge is 0.216 e. The maximum absolute atomic E-state index is 10.6. The molecule has 0 aliphatic heterocycles. The maximum atomic E-state index is 10.6. The Hall–Kier alpha value is -0.870. The zero-order valence-electron chi connectivity index (χ0n) is 9.64. The summed E-state index contributed by atoms with van der Waals surface area (Å²) in [6, 6.07) is 6.29. The molecule has 88 valence electrons. The van der Waals surface area contributed by atoms with Gasteiger partial charge >= 0.3 is 0 Å². The third-order valence-corrected chi connectivity index (χ3v) is 3.12. The van der Waals surface area contributed by atoms with E-state index in [0.717, 1.165) is 17.6 Å². The average Bonchev–Trinajstić information content (AvgIpc) is 2.22. The first kappa shape index (κ1) is 13.2. The van der Waals surface area contributed by atoms with Gasteiger partial charge in [-0.2, -0.15) is 0 Å². The van der Waals surface area contributed by atoms with Crippen LogP contribution in [-0.2, 0) is 11.3 Å². The maximum Gasteiger partial charge on any atom is 0.216 e. The molecule has 1 aromatic carbocycles. The highest BCUT2D eigenvalue weighted by atomic mass is 79.9. The minimum absolute atomic E-state index is 0.0151. The molecule has 0 spiro atoms. The SMILES string of the molecule is CC(=O)NCCNCc1ccc(Br)c(C)c1. The molecule has 1 aromatic rings. The fourth-order valence-electron chi connectivity index (χ4n) is 1.38. The summed E-state index contributed by atoms with van der Waals surface area (Å²) in [4.78, 5) is 10.6. The van der Waals surface area contributed by atoms with E-state index in [4.69, 9.17) is 0 Å². The van der Waals surface area contributed by atoms with Crippen LogP contribution in [0.1, 0.15) is 18.1 Å². The molecule has 0 bridgehead atoms. The molecule has 0 atom stereocenters. The number of halogens is 1. The third kappa shape index (κ3) is 4.77. The van der Waals surface area contributed by atoms with Crippen molar-refractivity contribution in [3.05, 3.63) is 33.8 Å². The summed E-state index contributed by atoms with van der Waals surface area (Å²) in [5, 5.41) is 6.02. The number of rotatable bonds is 5. The van der Waals surface area contributed by atoms with Crippen LogP contribution in [0, 0.1) is 6.92 Å². The average molecular weight is 285 g/mol. The first-order chi connectivity index (χ1) is 7.59. The van der Waals surface area contributed by atoms with Crippen LogP contribution in [0.2, 0.25) is 0 Å². The van der Waals surface area contributed by atoms with E-state index in [1.165, 1.54) is 18.1 Å². The van der Waals surface area contributed by atoms with Crippen molar-refractivity contribution >= 4 is 21.8 Å². The highest BCUT2D eigenvalue weighted by molar-refractivity contribution is 9.10. The number of carbonyl (C=O) groups is 1. The quantitative estimate of drug-likeness (QED) is 0.812. The molecule has 0 saturated carbocycles. The van der Waals surface area contributed by atoms with Crippen molar-refractivity contribution in [2.24, 2.45) is 0 Å². The zero-order valence-corrected chi connectivity index (χ0v) is 11.2. The highest BCUT2D eigenvalue weighted by Gasteiger charge is 1.97. The van der Waals surface area contributed by atoms with Gasteiger partial charge < -0.3 is 10.6 Å². The molecule has 0 saturated heterocycles. The van der Waals surface area contributed by atoms with E-state index in [9.17, 15) is 4.79 Å². The standard InChI is InChI=1S/C12H17BrN2O/c1-9-7-11(3-4-12(9)13)8-14-5-6-15-10(2)16/h3-4,7,14H,5-6,8H2,1-2H3,(H,15,16). The minimum atomic E-state index is 0.0151. The number of nitrogens with one attached hydrogen (secondary N) is 2. The van der Waals surface area contributed by atoms with Crippen molar-refractivity contribution in [2.45, 2.75) is 20.4 Å². The van der Waals surface area contributed by atoms with Crippen LogP contribution in [0.25, 0.3) is 0 Å². The summed E-state index contributed by atoms with van der Waals surface area (Å²) < 4.78 is 1.13. The molecule has 4 heteroatoms. The van der Waals surface area contributed by atoms with Gasteiger partial charge in [-0.05, 0) is 24.1 Å². The first-order valence-corrected chi connectivity index (χ1v) is 6.09. The molecule has 2 N–H and O–H groups in total. The molecule has 0 heterocycles. The van der Waals surface area contributed by atoms with Gasteiger partial charge in [0, 0.05) is 31.0 Å². The van der Waals surface area contributed by atoms with E-state index in [-0.39, 0.29) is 5.91 Å². The number of carbonyl (C=O) groups excluding carboxylic acids is 1. The normalized spacial score (nSPS) is 10.2. The predicted molar refractivity (Wildman–Crippen MR) is 69.3 cm³/mol. The lowest BCUT2D eigenvalue weighted by molar-refractivity contribution is -0.118. The molecule has 0 radical (unpaired) electrons. The molecular formula is C12H17BrN2O. The Bertz CT molecular complexity index is 366. The second-order valence-electron chi connectivity index (χ2n) is 3.74. The van der Waals surface area contributed by atoms with Gasteiger partial charge in [0.25, 0.3) is 0 Å². The van der Waals surface area contributed by atoms with Crippen LogP contribution < -0.4 is 10.6 Å². The van der Waals surface area contributed by atoms with Gasteiger partial charge in [0.1, 0.15) is 0 Å². The molecule has 0 unspecified atom stereocenters. The third-order valence-electron chi connectivity index (χ3n) is 2.23. The van der Waals surface area contributed by atoms with Gasteiger partial charge in [-0.15, -0.1) is 0 Å². The number of hydrogen-bond acceptors (Lipinski definition) is 2. The Morgan fingerprint density at radius 2 is 2.12 bits per heavy atom. The van der Waals surface area contributed by atoms with E-state index in [0.29, 0.717) is 6.54 Å². The Kier molecular flexibility index (Phi) is 5.49. The van der Waals surface area contributed by atoms with E-state index in [2.05, 4.69) is 51.7 Å². The monoisotopic (exact) mass is 284 g/mol. The molecule has 0 aliphatic rings. The summed E-state index contributed by atoms with van der Waals surface area (Å²) in [6.45, 7) is 5.89. The van der Waals surface area contributed by atoms with Crippen LogP contribution >= 0.6 is 15.9 Å². The largest absolute Gasteiger partial charge is 0.355 e. The molecule has 0 fully saturated rings. The molecule has 3 nitrogen and oxygen atoms in total. The Labute approximate surface area is 105 Å².